The number of carboxylic acids is 1. The van der Waals surface area contributed by atoms with Gasteiger partial charge in [0.1, 0.15) is 23.5 Å². The van der Waals surface area contributed by atoms with Crippen molar-refractivity contribution in [1.29, 1.82) is 0 Å². The highest BCUT2D eigenvalue weighted by molar-refractivity contribution is 5.86. The number of amides is 1. The van der Waals surface area contributed by atoms with Crippen LogP contribution in [0.3, 0.4) is 0 Å². The minimum Gasteiger partial charge on any atom is -0.477 e. The van der Waals surface area contributed by atoms with Gasteiger partial charge >= 0.3 is 12.1 Å². The average molecular weight is 377 g/mol. The first-order chi connectivity index (χ1) is 12.6. The first-order valence-corrected chi connectivity index (χ1v) is 8.29. The van der Waals surface area contributed by atoms with Crippen molar-refractivity contribution in [2.45, 2.75) is 38.6 Å². The van der Waals surface area contributed by atoms with Gasteiger partial charge in [-0.15, -0.1) is 0 Å². The van der Waals surface area contributed by atoms with Gasteiger partial charge in [-0.3, -0.25) is 5.10 Å². The summed E-state index contributed by atoms with van der Waals surface area (Å²) in [5.41, 5.74) is 0.844. The molecule has 0 aliphatic rings. The molecule has 27 heavy (non-hydrogen) atoms. The van der Waals surface area contributed by atoms with Crippen molar-refractivity contribution < 1.29 is 29.6 Å². The van der Waals surface area contributed by atoms with Crippen LogP contribution in [0.5, 0.6) is 0 Å². The molecular weight excluding hydrogens is 354 g/mol. The van der Waals surface area contributed by atoms with Crippen LogP contribution in [0.15, 0.2) is 30.3 Å². The average Bonchev–Trinajstić information content (AvgIpc) is 3.08. The van der Waals surface area contributed by atoms with E-state index in [0.717, 1.165) is 0 Å². The minimum atomic E-state index is -1.23. The third-order valence-corrected chi connectivity index (χ3v) is 3.58. The maximum Gasteiger partial charge on any atom is 0.407 e. The Morgan fingerprint density at radius 3 is 2.37 bits per heavy atom. The Kier molecular flexibility index (Phi) is 6.19. The number of aromatic nitrogens is 2. The number of aliphatic hydroxyl groups is 2. The number of ether oxygens (including phenoxy) is 1. The Morgan fingerprint density at radius 1 is 1.22 bits per heavy atom. The van der Waals surface area contributed by atoms with Crippen LogP contribution in [0, 0.1) is 0 Å². The Morgan fingerprint density at radius 2 is 1.85 bits per heavy atom. The van der Waals surface area contributed by atoms with Gasteiger partial charge in [-0.05, 0) is 32.4 Å². The fourth-order valence-corrected chi connectivity index (χ4v) is 2.27. The minimum absolute atomic E-state index is 0.0299. The second-order valence-corrected chi connectivity index (χ2v) is 6.99. The van der Waals surface area contributed by atoms with Crippen molar-refractivity contribution in [1.82, 2.24) is 15.5 Å². The van der Waals surface area contributed by atoms with Crippen LogP contribution in [0.25, 0.3) is 11.3 Å². The zero-order valence-corrected chi connectivity index (χ0v) is 15.3. The predicted octanol–water partition coefficient (Wildman–Crippen LogP) is 1.69. The van der Waals surface area contributed by atoms with E-state index in [1.807, 2.05) is 0 Å². The summed E-state index contributed by atoms with van der Waals surface area (Å²) in [7, 11) is 0. The van der Waals surface area contributed by atoms with E-state index in [2.05, 4.69) is 15.5 Å². The number of aromatic amines is 1. The zero-order valence-electron chi connectivity index (χ0n) is 15.3. The van der Waals surface area contributed by atoms with Crippen molar-refractivity contribution in [3.05, 3.63) is 41.6 Å². The van der Waals surface area contributed by atoms with E-state index < -0.39 is 29.9 Å². The molecule has 0 saturated heterocycles. The summed E-state index contributed by atoms with van der Waals surface area (Å²) in [5.74, 6) is -1.11. The molecule has 0 spiro atoms. The van der Waals surface area contributed by atoms with Gasteiger partial charge in [0, 0.05) is 12.1 Å². The molecule has 1 heterocycles. The molecular formula is C18H23N3O6. The monoisotopic (exact) mass is 377 g/mol. The smallest absolute Gasteiger partial charge is 0.407 e. The van der Waals surface area contributed by atoms with Gasteiger partial charge in [-0.2, -0.15) is 5.10 Å². The first kappa shape index (κ1) is 20.4. The molecule has 2 rings (SSSR count). The molecule has 0 fully saturated rings. The molecule has 0 bridgehead atoms. The highest BCUT2D eigenvalue weighted by Gasteiger charge is 2.21. The number of nitrogens with zero attached hydrogens (tertiary/aromatic N) is 1. The highest BCUT2D eigenvalue weighted by Crippen LogP contribution is 2.22. The van der Waals surface area contributed by atoms with Gasteiger partial charge < -0.3 is 25.4 Å². The molecule has 5 N–H and O–H groups in total. The summed E-state index contributed by atoms with van der Waals surface area (Å²) in [5, 5.41) is 37.9. The van der Waals surface area contributed by atoms with Crippen LogP contribution < -0.4 is 5.32 Å². The second-order valence-electron chi connectivity index (χ2n) is 6.99. The molecule has 1 aromatic carbocycles. The lowest BCUT2D eigenvalue weighted by Crippen LogP contribution is -2.38. The van der Waals surface area contributed by atoms with Gasteiger partial charge in [0.15, 0.2) is 0 Å². The van der Waals surface area contributed by atoms with E-state index in [9.17, 15) is 19.8 Å². The van der Waals surface area contributed by atoms with Crippen LogP contribution in [-0.2, 0) is 4.74 Å². The number of carbonyl (C=O) groups excluding carboxylic acids is 1. The summed E-state index contributed by atoms with van der Waals surface area (Å²) in [6.45, 7) is 4.98. The lowest BCUT2D eigenvalue weighted by atomic mass is 10.0. The normalized spacial score (nSPS) is 13.7. The Bertz CT molecular complexity index is 794. The summed E-state index contributed by atoms with van der Waals surface area (Å²) >= 11 is 0. The third kappa shape index (κ3) is 5.80. The summed E-state index contributed by atoms with van der Waals surface area (Å²) < 4.78 is 5.06. The lowest BCUT2D eigenvalue weighted by molar-refractivity contribution is 0.0129. The number of carboxylic acid groups (broad SMARTS) is 1. The van der Waals surface area contributed by atoms with Crippen molar-refractivity contribution in [3.8, 4) is 11.3 Å². The maximum atomic E-state index is 11.6. The second kappa shape index (κ2) is 8.19. The van der Waals surface area contributed by atoms with Crippen LogP contribution in [0.1, 0.15) is 42.9 Å². The molecule has 0 aliphatic carbocycles. The van der Waals surface area contributed by atoms with Gasteiger partial charge in [0.2, 0.25) is 0 Å². The Hall–Kier alpha value is -2.91. The molecule has 1 aromatic heterocycles. The zero-order chi connectivity index (χ0) is 20.2. The molecule has 0 saturated carbocycles. The number of aliphatic hydroxyl groups excluding tert-OH is 2. The molecule has 2 aromatic rings. The Balaban J connectivity index is 1.96. The summed E-state index contributed by atoms with van der Waals surface area (Å²) in [6.07, 6.45) is -3.13. The molecule has 2 unspecified atom stereocenters. The van der Waals surface area contributed by atoms with Crippen molar-refractivity contribution >= 4 is 12.1 Å². The number of rotatable bonds is 6. The topological polar surface area (TPSA) is 145 Å². The number of H-pyrrole nitrogens is 1. The molecule has 2 atom stereocenters. The molecule has 146 valence electrons. The maximum absolute atomic E-state index is 11.6. The number of alkyl carbamates (subject to hydrolysis) is 1. The standard InChI is InChI=1S/C18H23N3O6/c1-18(2,3)27-17(26)19-9-14(22)15(23)11-6-4-10(5-7-11)12-8-13(16(24)25)21-20-12/h4-8,14-15,22-23H,9H2,1-3H3,(H,19,26)(H,20,21)(H,24,25). The number of aromatic carboxylic acids is 1. The fourth-order valence-electron chi connectivity index (χ4n) is 2.27. The van der Waals surface area contributed by atoms with Gasteiger partial charge in [0.05, 0.1) is 5.69 Å². The van der Waals surface area contributed by atoms with Crippen LogP contribution in [0.2, 0.25) is 0 Å². The molecule has 9 nitrogen and oxygen atoms in total. The van der Waals surface area contributed by atoms with E-state index >= 15 is 0 Å². The number of benzene rings is 1. The summed E-state index contributed by atoms with van der Waals surface area (Å²) in [4.78, 5) is 22.5. The quantitative estimate of drug-likeness (QED) is 0.515. The Labute approximate surface area is 156 Å². The molecule has 0 radical (unpaired) electrons. The van der Waals surface area contributed by atoms with Crippen LogP contribution >= 0.6 is 0 Å². The van der Waals surface area contributed by atoms with Crippen molar-refractivity contribution in [3.63, 3.8) is 0 Å². The van der Waals surface area contributed by atoms with E-state index in [0.29, 0.717) is 16.8 Å². The lowest BCUT2D eigenvalue weighted by Gasteiger charge is -2.22. The largest absolute Gasteiger partial charge is 0.477 e. The molecule has 9 heteroatoms. The van der Waals surface area contributed by atoms with E-state index in [1.54, 1.807) is 45.0 Å². The number of hydrogen-bond acceptors (Lipinski definition) is 6. The molecule has 0 aliphatic heterocycles. The molecule has 1 amide bonds. The first-order valence-electron chi connectivity index (χ1n) is 8.29. The van der Waals surface area contributed by atoms with Gasteiger partial charge in [-0.25, -0.2) is 9.59 Å². The van der Waals surface area contributed by atoms with E-state index in [-0.39, 0.29) is 12.2 Å². The number of nitrogens with one attached hydrogen (secondary N) is 2. The number of carbonyl (C=O) groups is 2. The van der Waals surface area contributed by atoms with Gasteiger partial charge in [0.25, 0.3) is 0 Å². The third-order valence-electron chi connectivity index (χ3n) is 3.58. The van der Waals surface area contributed by atoms with E-state index in [1.165, 1.54) is 6.07 Å². The van der Waals surface area contributed by atoms with E-state index in [4.69, 9.17) is 9.84 Å². The van der Waals surface area contributed by atoms with Crippen molar-refractivity contribution in [2.24, 2.45) is 0 Å². The highest BCUT2D eigenvalue weighted by atomic mass is 16.6. The SMILES string of the molecule is CC(C)(C)OC(=O)NCC(O)C(O)c1ccc(-c2cc(C(=O)O)[nH]n2)cc1. The summed E-state index contributed by atoms with van der Waals surface area (Å²) in [6, 6.07) is 7.87. The van der Waals surface area contributed by atoms with Crippen molar-refractivity contribution in [2.75, 3.05) is 6.54 Å². The predicted molar refractivity (Wildman–Crippen MR) is 96.2 cm³/mol. The van der Waals surface area contributed by atoms with Gasteiger partial charge in [-0.1, -0.05) is 24.3 Å². The fraction of sp³-hybridized carbons (Fsp3) is 0.389. The van der Waals surface area contributed by atoms with Crippen LogP contribution in [-0.4, -0.2) is 55.8 Å². The van der Waals surface area contributed by atoms with Crippen LogP contribution in [0.4, 0.5) is 4.79 Å². The number of hydrogen-bond donors (Lipinski definition) is 5.